The van der Waals surface area contributed by atoms with Gasteiger partial charge in [0.25, 0.3) is 5.56 Å². The van der Waals surface area contributed by atoms with Crippen LogP contribution < -0.4 is 10.9 Å². The van der Waals surface area contributed by atoms with Crippen LogP contribution in [0.3, 0.4) is 0 Å². The smallest absolute Gasteiger partial charge is 0.271 e. The van der Waals surface area contributed by atoms with Gasteiger partial charge in [-0.2, -0.15) is 0 Å². The average molecular weight is 299 g/mol. The van der Waals surface area contributed by atoms with Crippen LogP contribution in [0.15, 0.2) is 35.3 Å². The molecule has 6 nitrogen and oxygen atoms in total. The molecule has 1 unspecified atom stereocenters. The minimum absolute atomic E-state index is 0.270. The normalized spacial score (nSPS) is 19.0. The molecule has 2 heterocycles. The standard InChI is InChI=1S/C16H21N5O/c1-12-3-2-8-21(10-12)11-13-4-6-14(7-5-13)18-16-19-15(22)9-17-20-16/h4-7,9,12H,2-3,8,10-11H2,1H3,(H2,18,19,20,22). The molecule has 22 heavy (non-hydrogen) atoms. The highest BCUT2D eigenvalue weighted by atomic mass is 16.1. The number of aromatic amines is 1. The molecule has 1 fully saturated rings. The first-order valence-electron chi connectivity index (χ1n) is 7.69. The van der Waals surface area contributed by atoms with Crippen LogP contribution in [0.5, 0.6) is 0 Å². The van der Waals surface area contributed by atoms with Gasteiger partial charge in [-0.1, -0.05) is 19.1 Å². The van der Waals surface area contributed by atoms with Crippen LogP contribution in [0, 0.1) is 5.92 Å². The Morgan fingerprint density at radius 2 is 2.18 bits per heavy atom. The third-order valence-electron chi connectivity index (χ3n) is 3.94. The Morgan fingerprint density at radius 1 is 1.36 bits per heavy atom. The lowest BCUT2D eigenvalue weighted by Gasteiger charge is -2.30. The maximum atomic E-state index is 11.2. The van der Waals surface area contributed by atoms with Crippen molar-refractivity contribution in [2.45, 2.75) is 26.3 Å². The van der Waals surface area contributed by atoms with E-state index in [0.717, 1.165) is 24.3 Å². The van der Waals surface area contributed by atoms with Crippen LogP contribution >= 0.6 is 0 Å². The fraction of sp³-hybridized carbons (Fsp3) is 0.438. The molecule has 1 aromatic carbocycles. The van der Waals surface area contributed by atoms with E-state index in [0.29, 0.717) is 5.95 Å². The van der Waals surface area contributed by atoms with E-state index >= 15 is 0 Å². The van der Waals surface area contributed by atoms with E-state index in [2.05, 4.69) is 44.5 Å². The highest BCUT2D eigenvalue weighted by molar-refractivity contribution is 5.52. The van der Waals surface area contributed by atoms with Gasteiger partial charge in [0.1, 0.15) is 6.20 Å². The van der Waals surface area contributed by atoms with Crippen molar-refractivity contribution in [1.29, 1.82) is 0 Å². The van der Waals surface area contributed by atoms with Gasteiger partial charge in [0.2, 0.25) is 5.95 Å². The number of likely N-dealkylation sites (tertiary alicyclic amines) is 1. The summed E-state index contributed by atoms with van der Waals surface area (Å²) in [6.07, 6.45) is 3.78. The van der Waals surface area contributed by atoms with Gasteiger partial charge < -0.3 is 5.32 Å². The van der Waals surface area contributed by atoms with Crippen LogP contribution in [0.4, 0.5) is 11.6 Å². The van der Waals surface area contributed by atoms with Crippen molar-refractivity contribution in [3.63, 3.8) is 0 Å². The number of benzene rings is 1. The number of piperidine rings is 1. The van der Waals surface area contributed by atoms with Crippen LogP contribution in [0.1, 0.15) is 25.3 Å². The van der Waals surface area contributed by atoms with Crippen molar-refractivity contribution in [2.24, 2.45) is 5.92 Å². The number of nitrogens with zero attached hydrogens (tertiary/aromatic N) is 3. The van der Waals surface area contributed by atoms with Crippen LogP contribution in [0.25, 0.3) is 0 Å². The van der Waals surface area contributed by atoms with Crippen molar-refractivity contribution in [1.82, 2.24) is 20.1 Å². The number of nitrogens with one attached hydrogen (secondary N) is 2. The topological polar surface area (TPSA) is 73.9 Å². The largest absolute Gasteiger partial charge is 0.324 e. The summed E-state index contributed by atoms with van der Waals surface area (Å²) < 4.78 is 0. The van der Waals surface area contributed by atoms with E-state index in [1.54, 1.807) is 0 Å². The molecule has 6 heteroatoms. The van der Waals surface area contributed by atoms with E-state index in [1.807, 2.05) is 12.1 Å². The molecule has 0 spiro atoms. The van der Waals surface area contributed by atoms with Crippen molar-refractivity contribution >= 4 is 11.6 Å². The molecule has 2 aromatic rings. The highest BCUT2D eigenvalue weighted by Gasteiger charge is 2.16. The van der Waals surface area contributed by atoms with Gasteiger partial charge >= 0.3 is 0 Å². The summed E-state index contributed by atoms with van der Waals surface area (Å²) in [6.45, 7) is 5.68. The molecule has 1 atom stereocenters. The van der Waals surface area contributed by atoms with E-state index in [1.165, 1.54) is 31.5 Å². The van der Waals surface area contributed by atoms with Crippen LogP contribution in [0.2, 0.25) is 0 Å². The Kier molecular flexibility index (Phi) is 4.48. The van der Waals surface area contributed by atoms with E-state index in [9.17, 15) is 4.79 Å². The molecule has 3 rings (SSSR count). The van der Waals surface area contributed by atoms with Crippen molar-refractivity contribution in [2.75, 3.05) is 18.4 Å². The van der Waals surface area contributed by atoms with Gasteiger partial charge in [0.05, 0.1) is 0 Å². The number of hydrogen-bond acceptors (Lipinski definition) is 5. The summed E-state index contributed by atoms with van der Waals surface area (Å²) in [5.41, 5.74) is 1.91. The molecule has 0 aliphatic carbocycles. The zero-order chi connectivity index (χ0) is 15.4. The lowest BCUT2D eigenvalue weighted by Crippen LogP contribution is -2.33. The Hall–Kier alpha value is -2.21. The van der Waals surface area contributed by atoms with Crippen molar-refractivity contribution < 1.29 is 0 Å². The first-order chi connectivity index (χ1) is 10.7. The SMILES string of the molecule is CC1CCCN(Cc2ccc(Nc3nncc(=O)[nH]3)cc2)C1. The lowest BCUT2D eigenvalue weighted by atomic mass is 10.00. The monoisotopic (exact) mass is 299 g/mol. The summed E-state index contributed by atoms with van der Waals surface area (Å²) >= 11 is 0. The number of anilines is 2. The number of H-pyrrole nitrogens is 1. The van der Waals surface area contributed by atoms with E-state index in [-0.39, 0.29) is 5.56 Å². The van der Waals surface area contributed by atoms with E-state index in [4.69, 9.17) is 0 Å². The van der Waals surface area contributed by atoms with E-state index < -0.39 is 0 Å². The van der Waals surface area contributed by atoms with Gasteiger partial charge in [0.15, 0.2) is 0 Å². The molecular formula is C16H21N5O. The molecule has 0 amide bonds. The summed E-state index contributed by atoms with van der Waals surface area (Å²) in [5.74, 6) is 1.15. The molecule has 1 aliphatic rings. The zero-order valence-corrected chi connectivity index (χ0v) is 12.7. The van der Waals surface area contributed by atoms with Gasteiger partial charge in [-0.25, -0.2) is 0 Å². The maximum Gasteiger partial charge on any atom is 0.271 e. The fourth-order valence-electron chi connectivity index (χ4n) is 2.89. The number of rotatable bonds is 4. The van der Waals surface area contributed by atoms with Gasteiger partial charge in [0, 0.05) is 18.8 Å². The first kappa shape index (κ1) is 14.7. The molecule has 1 aliphatic heterocycles. The molecule has 0 radical (unpaired) electrons. The second-order valence-corrected chi connectivity index (χ2v) is 5.99. The lowest BCUT2D eigenvalue weighted by molar-refractivity contribution is 0.176. The summed E-state index contributed by atoms with van der Waals surface area (Å²) in [7, 11) is 0. The zero-order valence-electron chi connectivity index (χ0n) is 12.7. The quantitative estimate of drug-likeness (QED) is 0.905. The van der Waals surface area contributed by atoms with Crippen LogP contribution in [-0.4, -0.2) is 33.2 Å². The third kappa shape index (κ3) is 3.92. The fourth-order valence-corrected chi connectivity index (χ4v) is 2.89. The first-order valence-corrected chi connectivity index (χ1v) is 7.69. The minimum Gasteiger partial charge on any atom is -0.324 e. The Morgan fingerprint density at radius 3 is 2.91 bits per heavy atom. The Bertz CT molecular complexity index is 667. The molecule has 0 bridgehead atoms. The minimum atomic E-state index is -0.270. The predicted octanol–water partition coefficient (Wildman–Crippen LogP) is 2.14. The van der Waals surface area contributed by atoms with Crippen molar-refractivity contribution in [3.8, 4) is 0 Å². The molecule has 2 N–H and O–H groups in total. The predicted molar refractivity (Wildman–Crippen MR) is 86.1 cm³/mol. The van der Waals surface area contributed by atoms with Gasteiger partial charge in [-0.05, 0) is 43.0 Å². The summed E-state index contributed by atoms with van der Waals surface area (Å²) in [5, 5.41) is 10.5. The van der Waals surface area contributed by atoms with Gasteiger partial charge in [-0.3, -0.25) is 14.7 Å². The van der Waals surface area contributed by atoms with Crippen LogP contribution in [-0.2, 0) is 6.54 Å². The molecule has 1 aromatic heterocycles. The summed E-state index contributed by atoms with van der Waals surface area (Å²) in [4.78, 5) is 16.3. The summed E-state index contributed by atoms with van der Waals surface area (Å²) in [6, 6.07) is 8.21. The van der Waals surface area contributed by atoms with Crippen molar-refractivity contribution in [3.05, 3.63) is 46.4 Å². The molecule has 116 valence electrons. The molecule has 1 saturated heterocycles. The maximum absolute atomic E-state index is 11.2. The molecule has 0 saturated carbocycles. The second kappa shape index (κ2) is 6.70. The Balaban J connectivity index is 1.61. The molecular weight excluding hydrogens is 278 g/mol. The average Bonchev–Trinajstić information content (AvgIpc) is 2.49. The number of aromatic nitrogens is 3. The van der Waals surface area contributed by atoms with Gasteiger partial charge in [-0.15, -0.1) is 10.2 Å². The third-order valence-corrected chi connectivity index (χ3v) is 3.94. The second-order valence-electron chi connectivity index (χ2n) is 5.99. The highest BCUT2D eigenvalue weighted by Crippen LogP contribution is 2.19. The number of hydrogen-bond donors (Lipinski definition) is 2. The Labute approximate surface area is 129 Å².